The first kappa shape index (κ1) is 18.6. The van der Waals surface area contributed by atoms with Gasteiger partial charge in [0.25, 0.3) is 0 Å². The second kappa shape index (κ2) is 7.58. The third-order valence-corrected chi connectivity index (χ3v) is 5.42. The maximum Gasteiger partial charge on any atom is 0.245 e. The van der Waals surface area contributed by atoms with Crippen LogP contribution in [-0.4, -0.2) is 58.5 Å². The molecule has 1 aromatic rings. The molecule has 0 spiro atoms. The lowest BCUT2D eigenvalue weighted by molar-refractivity contribution is -0.139. The van der Waals surface area contributed by atoms with Gasteiger partial charge in [-0.3, -0.25) is 9.59 Å². The van der Waals surface area contributed by atoms with Crippen LogP contribution in [0.25, 0.3) is 0 Å². The minimum atomic E-state index is -0.965. The fraction of sp³-hybridized carbons (Fsp3) is 0.500. The summed E-state index contributed by atoms with van der Waals surface area (Å²) in [6.07, 6.45) is 3.52. The first-order valence-electron chi connectivity index (χ1n) is 9.07. The van der Waals surface area contributed by atoms with Crippen LogP contribution in [0, 0.1) is 11.7 Å². The van der Waals surface area contributed by atoms with Crippen LogP contribution in [0.15, 0.2) is 36.9 Å². The number of aliphatic hydroxyl groups is 1. The van der Waals surface area contributed by atoms with Crippen molar-refractivity contribution in [1.29, 1.82) is 0 Å². The monoisotopic (exact) mass is 360 g/mol. The fourth-order valence-electron chi connectivity index (χ4n) is 3.91. The molecule has 2 saturated heterocycles. The first-order valence-corrected chi connectivity index (χ1v) is 9.07. The Bertz CT molecular complexity index is 683. The van der Waals surface area contributed by atoms with Crippen LogP contribution >= 0.6 is 0 Å². The molecule has 0 radical (unpaired) electrons. The zero-order chi connectivity index (χ0) is 18.7. The summed E-state index contributed by atoms with van der Waals surface area (Å²) >= 11 is 0. The summed E-state index contributed by atoms with van der Waals surface area (Å²) in [4.78, 5) is 27.9. The number of carbonyl (C=O) groups excluding carboxylic acids is 2. The number of halogens is 1. The maximum atomic E-state index is 13.0. The number of carbonyl (C=O) groups is 2. The number of piperidine rings is 1. The van der Waals surface area contributed by atoms with Gasteiger partial charge in [-0.05, 0) is 43.0 Å². The molecule has 0 aromatic heterocycles. The highest BCUT2D eigenvalue weighted by atomic mass is 19.1. The summed E-state index contributed by atoms with van der Waals surface area (Å²) in [6, 6.07) is 6.11. The van der Waals surface area contributed by atoms with Crippen molar-refractivity contribution < 1.29 is 19.1 Å². The molecule has 1 aromatic carbocycles. The number of amides is 2. The number of likely N-dealkylation sites (tertiary alicyclic amines) is 2. The molecular weight excluding hydrogens is 335 g/mol. The highest BCUT2D eigenvalue weighted by Crippen LogP contribution is 2.29. The number of rotatable bonds is 4. The largest absolute Gasteiger partial charge is 0.388 e. The van der Waals surface area contributed by atoms with Gasteiger partial charge in [0.2, 0.25) is 11.8 Å². The lowest BCUT2D eigenvalue weighted by atomic mass is 9.93. The summed E-state index contributed by atoms with van der Waals surface area (Å²) in [5.41, 5.74) is -0.105. The highest BCUT2D eigenvalue weighted by molar-refractivity contribution is 5.87. The van der Waals surface area contributed by atoms with Crippen molar-refractivity contribution in [2.45, 2.75) is 31.3 Å². The summed E-state index contributed by atoms with van der Waals surface area (Å²) in [7, 11) is 0. The molecule has 5 nitrogen and oxygen atoms in total. The van der Waals surface area contributed by atoms with Crippen LogP contribution in [0.4, 0.5) is 4.39 Å². The van der Waals surface area contributed by atoms with Crippen molar-refractivity contribution in [3.63, 3.8) is 0 Å². The second-order valence-corrected chi connectivity index (χ2v) is 7.34. The van der Waals surface area contributed by atoms with Gasteiger partial charge in [-0.2, -0.15) is 0 Å². The normalized spacial score (nSPS) is 23.9. The molecule has 1 atom stereocenters. The third-order valence-electron chi connectivity index (χ3n) is 5.42. The lowest BCUT2D eigenvalue weighted by Gasteiger charge is -2.33. The van der Waals surface area contributed by atoms with Gasteiger partial charge >= 0.3 is 0 Å². The van der Waals surface area contributed by atoms with E-state index >= 15 is 0 Å². The molecule has 0 aliphatic carbocycles. The highest BCUT2D eigenvalue weighted by Gasteiger charge is 2.40. The number of benzene rings is 1. The van der Waals surface area contributed by atoms with Crippen LogP contribution in [0.3, 0.4) is 0 Å². The zero-order valence-corrected chi connectivity index (χ0v) is 14.9. The smallest absolute Gasteiger partial charge is 0.245 e. The van der Waals surface area contributed by atoms with Crippen LogP contribution in [0.1, 0.15) is 24.8 Å². The third kappa shape index (κ3) is 4.12. The standard InChI is InChI=1S/C20H25FN2O3/c1-2-18(24)22-10-7-16(8-11-22)19(25)23-12-9-20(26,14-23)13-15-3-5-17(21)6-4-15/h2-6,16,26H,1,7-14H2. The molecule has 1 N–H and O–H groups in total. The molecule has 0 bridgehead atoms. The summed E-state index contributed by atoms with van der Waals surface area (Å²) in [6.45, 7) is 5.45. The van der Waals surface area contributed by atoms with Crippen molar-refractivity contribution in [1.82, 2.24) is 9.80 Å². The summed E-state index contributed by atoms with van der Waals surface area (Å²) in [5.74, 6) is -0.432. The molecule has 2 amide bonds. The minimum Gasteiger partial charge on any atom is -0.388 e. The van der Waals surface area contributed by atoms with Gasteiger partial charge in [0.05, 0.1) is 5.60 Å². The Hall–Kier alpha value is -2.21. The Kier molecular flexibility index (Phi) is 5.41. The van der Waals surface area contributed by atoms with Gasteiger partial charge in [-0.1, -0.05) is 18.7 Å². The topological polar surface area (TPSA) is 60.9 Å². The van der Waals surface area contributed by atoms with E-state index < -0.39 is 5.60 Å². The van der Waals surface area contributed by atoms with E-state index in [1.54, 1.807) is 21.9 Å². The predicted molar refractivity (Wildman–Crippen MR) is 95.8 cm³/mol. The van der Waals surface area contributed by atoms with Gasteiger partial charge in [0.15, 0.2) is 0 Å². The number of hydrogen-bond acceptors (Lipinski definition) is 3. The van der Waals surface area contributed by atoms with Crippen molar-refractivity contribution >= 4 is 11.8 Å². The Morgan fingerprint density at radius 1 is 1.19 bits per heavy atom. The van der Waals surface area contributed by atoms with Crippen molar-refractivity contribution in [2.75, 3.05) is 26.2 Å². The van der Waals surface area contributed by atoms with E-state index in [-0.39, 0.29) is 23.5 Å². The zero-order valence-electron chi connectivity index (χ0n) is 14.9. The summed E-state index contributed by atoms with van der Waals surface area (Å²) in [5, 5.41) is 10.8. The Labute approximate surface area is 153 Å². The molecule has 140 valence electrons. The van der Waals surface area contributed by atoms with Gasteiger partial charge in [0.1, 0.15) is 5.82 Å². The average Bonchev–Trinajstić information content (AvgIpc) is 3.04. The summed E-state index contributed by atoms with van der Waals surface area (Å²) < 4.78 is 13.0. The predicted octanol–water partition coefficient (Wildman–Crippen LogP) is 1.76. The molecule has 3 rings (SSSR count). The molecule has 1 unspecified atom stereocenters. The van der Waals surface area contributed by atoms with Crippen molar-refractivity contribution in [2.24, 2.45) is 5.92 Å². The molecule has 2 heterocycles. The number of nitrogens with zero attached hydrogens (tertiary/aromatic N) is 2. The molecule has 2 aliphatic rings. The van der Waals surface area contributed by atoms with Crippen LogP contribution in [0.5, 0.6) is 0 Å². The van der Waals surface area contributed by atoms with E-state index in [9.17, 15) is 19.1 Å². The van der Waals surface area contributed by atoms with Crippen LogP contribution in [-0.2, 0) is 16.0 Å². The van der Waals surface area contributed by atoms with Crippen molar-refractivity contribution in [3.05, 3.63) is 48.3 Å². The average molecular weight is 360 g/mol. The maximum absolute atomic E-state index is 13.0. The van der Waals surface area contributed by atoms with Crippen LogP contribution in [0.2, 0.25) is 0 Å². The molecule has 6 heteroatoms. The van der Waals surface area contributed by atoms with Gasteiger partial charge in [0, 0.05) is 38.5 Å². The van der Waals surface area contributed by atoms with Gasteiger partial charge in [-0.15, -0.1) is 0 Å². The van der Waals surface area contributed by atoms with E-state index in [0.717, 1.165) is 5.56 Å². The van der Waals surface area contributed by atoms with E-state index in [1.165, 1.54) is 18.2 Å². The van der Waals surface area contributed by atoms with E-state index in [0.29, 0.717) is 51.9 Å². The van der Waals surface area contributed by atoms with Gasteiger partial charge < -0.3 is 14.9 Å². The molecule has 2 aliphatic heterocycles. The molecule has 0 saturated carbocycles. The second-order valence-electron chi connectivity index (χ2n) is 7.34. The fourth-order valence-corrected chi connectivity index (χ4v) is 3.91. The Morgan fingerprint density at radius 3 is 2.46 bits per heavy atom. The number of hydrogen-bond donors (Lipinski definition) is 1. The first-order chi connectivity index (χ1) is 12.4. The Balaban J connectivity index is 1.54. The lowest BCUT2D eigenvalue weighted by Crippen LogP contribution is -2.45. The van der Waals surface area contributed by atoms with E-state index in [2.05, 4.69) is 6.58 Å². The van der Waals surface area contributed by atoms with Gasteiger partial charge in [-0.25, -0.2) is 4.39 Å². The molecular formula is C20H25FN2O3. The van der Waals surface area contributed by atoms with E-state index in [1.807, 2.05) is 0 Å². The minimum absolute atomic E-state index is 0.0609. The SMILES string of the molecule is C=CC(=O)N1CCC(C(=O)N2CCC(O)(Cc3ccc(F)cc3)C2)CC1. The van der Waals surface area contributed by atoms with Crippen molar-refractivity contribution in [3.8, 4) is 0 Å². The van der Waals surface area contributed by atoms with Crippen LogP contribution < -0.4 is 0 Å². The quantitative estimate of drug-likeness (QED) is 0.833. The molecule has 26 heavy (non-hydrogen) atoms. The number of β-amino-alcohol motifs (C(OH)–C–C–N with tert-alkyl or cyclic N) is 1. The van der Waals surface area contributed by atoms with E-state index in [4.69, 9.17) is 0 Å². The Morgan fingerprint density at radius 2 is 1.85 bits per heavy atom. The molecule has 2 fully saturated rings.